The number of aromatic nitrogens is 1. The highest BCUT2D eigenvalue weighted by Gasteiger charge is 2.48. The van der Waals surface area contributed by atoms with E-state index in [4.69, 9.17) is 14.2 Å². The van der Waals surface area contributed by atoms with Crippen LogP contribution in [0, 0.1) is 5.82 Å². The number of methoxy groups -OCH3 is 3. The summed E-state index contributed by atoms with van der Waals surface area (Å²) in [5, 5.41) is 11.8. The van der Waals surface area contributed by atoms with Crippen molar-refractivity contribution < 1.29 is 32.1 Å². The fraction of sp³-hybridized carbons (Fsp3) is 0.375. The van der Waals surface area contributed by atoms with Crippen molar-refractivity contribution in [2.75, 3.05) is 47.6 Å². The largest absolute Gasteiger partial charge is 0.497 e. The first kappa shape index (κ1) is 29.4. The summed E-state index contributed by atoms with van der Waals surface area (Å²) >= 11 is 0. The van der Waals surface area contributed by atoms with E-state index < -0.39 is 21.3 Å². The number of halogens is 1. The quantitative estimate of drug-likeness (QED) is 0.301. The van der Waals surface area contributed by atoms with Crippen LogP contribution in [0.3, 0.4) is 0 Å². The topological polar surface area (TPSA) is 104 Å². The van der Waals surface area contributed by atoms with E-state index in [1.165, 1.54) is 22.5 Å². The van der Waals surface area contributed by atoms with Crippen LogP contribution in [-0.2, 0) is 22.0 Å². The maximum Gasteiger partial charge on any atom is 0.243 e. The van der Waals surface area contributed by atoms with E-state index in [0.717, 1.165) is 39.5 Å². The number of fused-ring (bicyclic) bond motifs is 4. The Balaban J connectivity index is 1.40. The predicted octanol–water partition coefficient (Wildman–Crippen LogP) is 4.60. The summed E-state index contributed by atoms with van der Waals surface area (Å²) in [6, 6.07) is 16.5. The van der Waals surface area contributed by atoms with E-state index >= 15 is 0 Å². The molecule has 11 heteroatoms. The van der Waals surface area contributed by atoms with Crippen LogP contribution in [0.25, 0.3) is 10.9 Å². The number of aromatic amines is 1. The minimum absolute atomic E-state index is 0.0408. The molecule has 0 bridgehead atoms. The molecule has 3 heterocycles. The van der Waals surface area contributed by atoms with Crippen LogP contribution in [-0.4, -0.2) is 75.3 Å². The Bertz CT molecular complexity index is 1730. The zero-order valence-corrected chi connectivity index (χ0v) is 25.3. The van der Waals surface area contributed by atoms with Crippen molar-refractivity contribution in [1.29, 1.82) is 0 Å². The molecule has 0 radical (unpaired) electrons. The van der Waals surface area contributed by atoms with Gasteiger partial charge >= 0.3 is 0 Å². The number of nitrogens with zero attached hydrogens (tertiary/aromatic N) is 2. The second-order valence-electron chi connectivity index (χ2n) is 11.3. The third kappa shape index (κ3) is 5.24. The number of hydrogen-bond acceptors (Lipinski definition) is 7. The van der Waals surface area contributed by atoms with Crippen LogP contribution in [0.1, 0.15) is 35.7 Å². The SMILES string of the molecule is COc1cc(CN2CC3(CCN(S(=O)(=O)c4cccc(F)c4)CC3)c3c([nH]c4cc(OC)ccc34)[C@H]2CO)cc(OC)c1. The van der Waals surface area contributed by atoms with Crippen molar-refractivity contribution >= 4 is 20.9 Å². The summed E-state index contributed by atoms with van der Waals surface area (Å²) in [5.74, 6) is 1.49. The molecule has 43 heavy (non-hydrogen) atoms. The van der Waals surface area contributed by atoms with E-state index in [1.807, 2.05) is 36.4 Å². The maximum atomic E-state index is 13.9. The molecule has 0 unspecified atom stereocenters. The van der Waals surface area contributed by atoms with E-state index in [1.54, 1.807) is 21.3 Å². The molecular weight excluding hydrogens is 573 g/mol. The summed E-state index contributed by atoms with van der Waals surface area (Å²) in [4.78, 5) is 5.80. The summed E-state index contributed by atoms with van der Waals surface area (Å²) in [6.07, 6.45) is 1.12. The van der Waals surface area contributed by atoms with Crippen molar-refractivity contribution in [3.8, 4) is 17.2 Å². The minimum atomic E-state index is -3.86. The second-order valence-corrected chi connectivity index (χ2v) is 13.2. The third-order valence-electron chi connectivity index (χ3n) is 8.93. The van der Waals surface area contributed by atoms with Crippen molar-refractivity contribution in [2.24, 2.45) is 0 Å². The highest BCUT2D eigenvalue weighted by molar-refractivity contribution is 7.89. The van der Waals surface area contributed by atoms with Crippen molar-refractivity contribution in [3.63, 3.8) is 0 Å². The number of benzene rings is 3. The summed E-state index contributed by atoms with van der Waals surface area (Å²) in [5.41, 5.74) is 3.52. The Kier molecular flexibility index (Phi) is 7.84. The van der Waals surface area contributed by atoms with Gasteiger partial charge in [0, 0.05) is 60.3 Å². The van der Waals surface area contributed by atoms with Gasteiger partial charge in [0.2, 0.25) is 10.0 Å². The molecule has 0 saturated carbocycles. The van der Waals surface area contributed by atoms with Gasteiger partial charge < -0.3 is 24.3 Å². The molecule has 3 aromatic carbocycles. The maximum absolute atomic E-state index is 13.9. The van der Waals surface area contributed by atoms with Gasteiger partial charge in [0.05, 0.1) is 38.9 Å². The van der Waals surface area contributed by atoms with Crippen molar-refractivity contribution in [2.45, 2.75) is 35.7 Å². The van der Waals surface area contributed by atoms with E-state index in [9.17, 15) is 17.9 Å². The van der Waals surface area contributed by atoms with E-state index in [-0.39, 0.29) is 30.6 Å². The average Bonchev–Trinajstić information content (AvgIpc) is 3.40. The number of ether oxygens (including phenoxy) is 3. The number of piperidine rings is 1. The van der Waals surface area contributed by atoms with E-state index in [0.29, 0.717) is 37.4 Å². The van der Waals surface area contributed by atoms with Gasteiger partial charge in [0.25, 0.3) is 0 Å². The summed E-state index contributed by atoms with van der Waals surface area (Å²) in [6.45, 7) is 1.59. The highest BCUT2D eigenvalue weighted by Crippen LogP contribution is 2.50. The van der Waals surface area contributed by atoms with Gasteiger partial charge in [-0.3, -0.25) is 4.90 Å². The molecule has 0 aliphatic carbocycles. The predicted molar refractivity (Wildman–Crippen MR) is 161 cm³/mol. The van der Waals surface area contributed by atoms with Crippen LogP contribution in [0.15, 0.2) is 65.6 Å². The van der Waals surface area contributed by atoms with Gasteiger partial charge in [-0.15, -0.1) is 0 Å². The molecule has 9 nitrogen and oxygen atoms in total. The van der Waals surface area contributed by atoms with E-state index in [2.05, 4.69) is 9.88 Å². The lowest BCUT2D eigenvalue weighted by atomic mass is 9.68. The van der Waals surface area contributed by atoms with Crippen LogP contribution in [0.5, 0.6) is 17.2 Å². The van der Waals surface area contributed by atoms with Gasteiger partial charge in [-0.05, 0) is 66.4 Å². The van der Waals surface area contributed by atoms with Crippen LogP contribution >= 0.6 is 0 Å². The molecule has 6 rings (SSSR count). The number of aliphatic hydroxyl groups excluding tert-OH is 1. The number of sulfonamides is 1. The Hall–Kier alpha value is -3.64. The van der Waals surface area contributed by atoms with Gasteiger partial charge in [0.1, 0.15) is 23.1 Å². The molecular formula is C32H36FN3O6S. The first-order valence-electron chi connectivity index (χ1n) is 14.2. The molecule has 1 spiro atoms. The first-order chi connectivity index (χ1) is 20.7. The molecule has 0 amide bonds. The summed E-state index contributed by atoms with van der Waals surface area (Å²) in [7, 11) is 0.991. The molecule has 4 aromatic rings. The smallest absolute Gasteiger partial charge is 0.243 e. The lowest BCUT2D eigenvalue weighted by Gasteiger charge is -2.50. The Morgan fingerprint density at radius 2 is 1.65 bits per heavy atom. The molecule has 1 atom stereocenters. The number of aliphatic hydroxyl groups is 1. The first-order valence-corrected chi connectivity index (χ1v) is 15.7. The van der Waals surface area contributed by atoms with Crippen LogP contribution in [0.4, 0.5) is 4.39 Å². The normalized spacial score (nSPS) is 19.0. The lowest BCUT2D eigenvalue weighted by molar-refractivity contribution is 0.0534. The van der Waals surface area contributed by atoms with Gasteiger partial charge in [0.15, 0.2) is 0 Å². The van der Waals surface area contributed by atoms with Gasteiger partial charge in [-0.2, -0.15) is 4.31 Å². The Morgan fingerprint density at radius 1 is 0.953 bits per heavy atom. The molecule has 2 aliphatic heterocycles. The van der Waals surface area contributed by atoms with Gasteiger partial charge in [-0.25, -0.2) is 12.8 Å². The monoisotopic (exact) mass is 609 g/mol. The fourth-order valence-electron chi connectivity index (χ4n) is 6.81. The third-order valence-corrected chi connectivity index (χ3v) is 10.8. The van der Waals surface area contributed by atoms with Crippen LogP contribution in [0.2, 0.25) is 0 Å². The average molecular weight is 610 g/mol. The van der Waals surface area contributed by atoms with Crippen molar-refractivity contribution in [3.05, 3.63) is 83.3 Å². The fourth-order valence-corrected chi connectivity index (χ4v) is 8.28. The molecule has 2 aliphatic rings. The summed E-state index contributed by atoms with van der Waals surface area (Å²) < 4.78 is 58.9. The minimum Gasteiger partial charge on any atom is -0.497 e. The lowest BCUT2D eigenvalue weighted by Crippen LogP contribution is -2.54. The van der Waals surface area contributed by atoms with Gasteiger partial charge in [-0.1, -0.05) is 6.07 Å². The molecule has 2 N–H and O–H groups in total. The molecule has 1 aromatic heterocycles. The van der Waals surface area contributed by atoms with Crippen molar-refractivity contribution in [1.82, 2.24) is 14.2 Å². The zero-order valence-electron chi connectivity index (χ0n) is 24.5. The van der Waals surface area contributed by atoms with Crippen LogP contribution < -0.4 is 14.2 Å². The second kappa shape index (κ2) is 11.5. The Labute approximate surface area is 250 Å². The number of rotatable bonds is 8. The molecule has 1 fully saturated rings. The number of hydrogen-bond donors (Lipinski definition) is 2. The highest BCUT2D eigenvalue weighted by atomic mass is 32.2. The standard InChI is InChI=1S/C32H36FN3O6S/c1-40-23-7-8-27-28(17-23)34-31-29(19-37)35(18-21-13-24(41-2)16-25(14-21)42-3)20-32(30(27)31)9-11-36(12-10-32)43(38,39)26-6-4-5-22(33)15-26/h4-8,13-17,29,34,37H,9-12,18-20H2,1-3H3/t29-/m1/s1. The molecule has 1 saturated heterocycles. The number of nitrogens with one attached hydrogen (secondary N) is 1. The zero-order chi connectivity index (χ0) is 30.4. The molecule has 228 valence electrons. The number of H-pyrrole nitrogens is 1. The Morgan fingerprint density at radius 3 is 2.28 bits per heavy atom.